The number of allylic oxidation sites excluding steroid dienone is 6. The minimum Gasteiger partial charge on any atom is -0.313 e. The Bertz CT molecular complexity index is 1340. The minimum absolute atomic E-state index is 0.131. The highest BCUT2D eigenvalue weighted by molar-refractivity contribution is 7.80. The molecule has 0 N–H and O–H groups in total. The van der Waals surface area contributed by atoms with Crippen LogP contribution in [0.4, 0.5) is 5.69 Å². The second-order valence-electron chi connectivity index (χ2n) is 8.34. The normalized spacial score (nSPS) is 18.4. The molecule has 3 aliphatic heterocycles. The lowest BCUT2D eigenvalue weighted by atomic mass is 9.88. The summed E-state index contributed by atoms with van der Waals surface area (Å²) in [7, 11) is 0. The van der Waals surface area contributed by atoms with E-state index in [1.807, 2.05) is 26.0 Å². The molecule has 34 heavy (non-hydrogen) atoms. The lowest BCUT2D eigenvalue weighted by Gasteiger charge is -2.38. The first kappa shape index (κ1) is 22.0. The van der Waals surface area contributed by atoms with Gasteiger partial charge < -0.3 is 4.90 Å². The number of fused-ring (bicyclic) bond motifs is 6. The fourth-order valence-electron chi connectivity index (χ4n) is 4.79. The van der Waals surface area contributed by atoms with Crippen molar-refractivity contribution >= 4 is 40.5 Å². The smallest absolute Gasteiger partial charge is 0.265 e. The molecule has 2 aromatic rings. The quantitative estimate of drug-likeness (QED) is 0.350. The number of rotatable bonds is 3. The predicted molar refractivity (Wildman–Crippen MR) is 140 cm³/mol. The van der Waals surface area contributed by atoms with Gasteiger partial charge >= 0.3 is 0 Å². The van der Waals surface area contributed by atoms with Gasteiger partial charge in [0, 0.05) is 29.9 Å². The van der Waals surface area contributed by atoms with Gasteiger partial charge in [0.15, 0.2) is 5.11 Å². The summed E-state index contributed by atoms with van der Waals surface area (Å²) in [6.07, 6.45) is 7.66. The first-order valence-corrected chi connectivity index (χ1v) is 11.9. The van der Waals surface area contributed by atoms with Gasteiger partial charge in [-0.1, -0.05) is 48.5 Å². The van der Waals surface area contributed by atoms with E-state index in [1.54, 1.807) is 6.08 Å². The van der Waals surface area contributed by atoms with Crippen molar-refractivity contribution in [1.29, 1.82) is 0 Å². The third-order valence-electron chi connectivity index (χ3n) is 6.40. The fourth-order valence-corrected chi connectivity index (χ4v) is 5.22. The molecule has 0 atom stereocenters. The van der Waals surface area contributed by atoms with Crippen molar-refractivity contribution < 1.29 is 9.59 Å². The van der Waals surface area contributed by atoms with Crippen LogP contribution in [0.3, 0.4) is 0 Å². The lowest BCUT2D eigenvalue weighted by Crippen LogP contribution is -2.55. The molecule has 2 aromatic carbocycles. The number of carbonyl (C=O) groups is 2. The topological polar surface area (TPSA) is 43.9 Å². The van der Waals surface area contributed by atoms with E-state index in [4.69, 9.17) is 12.2 Å². The SMILES string of the molecule is CCN1C(=O)C(=C/C=C2/C=C(C)N3C(=C2)c2ccccc2-c2ccccc23)C(=O)N(CC)C1=S. The number of hydrogen-bond acceptors (Lipinski definition) is 4. The average Bonchev–Trinajstić information content (AvgIpc) is 2.84. The molecule has 1 saturated heterocycles. The number of nitrogens with zero attached hydrogens (tertiary/aromatic N) is 3. The Hall–Kier alpha value is -3.77. The molecule has 0 saturated carbocycles. The molecule has 0 aliphatic carbocycles. The van der Waals surface area contributed by atoms with E-state index in [0.717, 1.165) is 28.2 Å². The largest absolute Gasteiger partial charge is 0.313 e. The van der Waals surface area contributed by atoms with Crippen LogP contribution in [-0.2, 0) is 9.59 Å². The molecule has 0 bridgehead atoms. The van der Waals surface area contributed by atoms with Gasteiger partial charge in [0.1, 0.15) is 5.57 Å². The first-order chi connectivity index (χ1) is 16.5. The van der Waals surface area contributed by atoms with Crippen LogP contribution < -0.4 is 4.90 Å². The molecule has 3 heterocycles. The van der Waals surface area contributed by atoms with Crippen LogP contribution in [0.1, 0.15) is 26.3 Å². The van der Waals surface area contributed by atoms with Crippen molar-refractivity contribution in [2.75, 3.05) is 18.0 Å². The molecule has 0 spiro atoms. The highest BCUT2D eigenvalue weighted by Gasteiger charge is 2.37. The maximum Gasteiger partial charge on any atom is 0.265 e. The summed E-state index contributed by atoms with van der Waals surface area (Å²) in [4.78, 5) is 31.1. The number of para-hydroxylation sites is 1. The molecule has 0 radical (unpaired) electrons. The van der Waals surface area contributed by atoms with Crippen molar-refractivity contribution in [3.05, 3.63) is 95.2 Å². The minimum atomic E-state index is -0.346. The number of thiocarbonyl (C=S) groups is 1. The number of benzene rings is 2. The maximum absolute atomic E-state index is 13.0. The summed E-state index contributed by atoms with van der Waals surface area (Å²) in [6, 6.07) is 16.8. The van der Waals surface area contributed by atoms with Crippen LogP contribution >= 0.6 is 12.2 Å². The zero-order valence-corrected chi connectivity index (χ0v) is 20.2. The molecule has 5 rings (SSSR count). The van der Waals surface area contributed by atoms with Crippen molar-refractivity contribution in [3.8, 4) is 11.1 Å². The second kappa shape index (κ2) is 8.54. The zero-order valence-electron chi connectivity index (χ0n) is 19.4. The monoisotopic (exact) mass is 467 g/mol. The third-order valence-corrected chi connectivity index (χ3v) is 6.84. The van der Waals surface area contributed by atoms with E-state index in [9.17, 15) is 9.59 Å². The van der Waals surface area contributed by atoms with E-state index in [-0.39, 0.29) is 22.5 Å². The van der Waals surface area contributed by atoms with Crippen LogP contribution in [0, 0.1) is 0 Å². The first-order valence-electron chi connectivity index (χ1n) is 11.4. The molecule has 0 aromatic heterocycles. The molecule has 1 fully saturated rings. The van der Waals surface area contributed by atoms with Gasteiger partial charge in [0.05, 0.1) is 11.4 Å². The van der Waals surface area contributed by atoms with Crippen LogP contribution in [0.2, 0.25) is 0 Å². The molecular weight excluding hydrogens is 442 g/mol. The molecule has 3 aliphatic rings. The Kier molecular flexibility index (Phi) is 5.54. The van der Waals surface area contributed by atoms with Gasteiger partial charge in [0.2, 0.25) is 0 Å². The molecule has 6 heteroatoms. The van der Waals surface area contributed by atoms with Crippen LogP contribution in [0.15, 0.2) is 89.7 Å². The average molecular weight is 468 g/mol. The number of hydrogen-bond donors (Lipinski definition) is 0. The van der Waals surface area contributed by atoms with Gasteiger partial charge in [0.25, 0.3) is 11.8 Å². The van der Waals surface area contributed by atoms with Crippen molar-refractivity contribution in [1.82, 2.24) is 9.80 Å². The fraction of sp³-hybridized carbons (Fsp3) is 0.179. The van der Waals surface area contributed by atoms with Crippen molar-refractivity contribution in [2.45, 2.75) is 20.8 Å². The summed E-state index contributed by atoms with van der Waals surface area (Å²) in [5, 5.41) is 0.272. The van der Waals surface area contributed by atoms with E-state index in [1.165, 1.54) is 20.9 Å². The van der Waals surface area contributed by atoms with Gasteiger partial charge in [-0.2, -0.15) is 0 Å². The summed E-state index contributed by atoms with van der Waals surface area (Å²) < 4.78 is 0. The highest BCUT2D eigenvalue weighted by Crippen LogP contribution is 2.47. The van der Waals surface area contributed by atoms with Gasteiger partial charge in [-0.05, 0) is 68.4 Å². The molecule has 170 valence electrons. The Labute approximate surface area is 205 Å². The van der Waals surface area contributed by atoms with Crippen molar-refractivity contribution in [3.63, 3.8) is 0 Å². The van der Waals surface area contributed by atoms with Crippen LogP contribution in [0.5, 0.6) is 0 Å². The Morgan fingerprint density at radius 3 is 2.03 bits per heavy atom. The van der Waals surface area contributed by atoms with E-state index >= 15 is 0 Å². The van der Waals surface area contributed by atoms with E-state index in [0.29, 0.717) is 13.1 Å². The van der Waals surface area contributed by atoms with E-state index in [2.05, 4.69) is 66.4 Å². The van der Waals surface area contributed by atoms with Gasteiger partial charge in [-0.3, -0.25) is 19.4 Å². The number of anilines is 1. The van der Waals surface area contributed by atoms with Crippen LogP contribution in [0.25, 0.3) is 16.8 Å². The van der Waals surface area contributed by atoms with Crippen molar-refractivity contribution in [2.24, 2.45) is 0 Å². The zero-order chi connectivity index (χ0) is 24.0. The highest BCUT2D eigenvalue weighted by atomic mass is 32.1. The summed E-state index contributed by atoms with van der Waals surface area (Å²) >= 11 is 5.36. The molecule has 0 unspecified atom stereocenters. The third kappa shape index (κ3) is 3.33. The van der Waals surface area contributed by atoms with Crippen LogP contribution in [-0.4, -0.2) is 39.8 Å². The standard InChI is InChI=1S/C28H25N3O2S/c1-4-29-26(32)23(27(33)30(5-2)28(29)34)15-14-19-16-18(3)31-24-13-9-8-11-21(24)20-10-6-7-12-22(20)25(31)17-19/h6-17H,4-5H2,1-3H3/b19-14-. The molecule has 2 amide bonds. The Balaban J connectivity index is 1.60. The summed E-state index contributed by atoms with van der Waals surface area (Å²) in [5.74, 6) is -0.691. The maximum atomic E-state index is 13.0. The Morgan fingerprint density at radius 1 is 0.794 bits per heavy atom. The summed E-state index contributed by atoms with van der Waals surface area (Å²) in [6.45, 7) is 6.63. The summed E-state index contributed by atoms with van der Waals surface area (Å²) in [5.41, 5.74) is 7.88. The Morgan fingerprint density at radius 2 is 1.38 bits per heavy atom. The van der Waals surface area contributed by atoms with E-state index < -0.39 is 0 Å². The molecular formula is C28H25N3O2S. The second-order valence-corrected chi connectivity index (χ2v) is 8.71. The number of amides is 2. The number of likely N-dealkylation sites (N-methyl/N-ethyl adjacent to an activating group) is 2. The molecule has 5 nitrogen and oxygen atoms in total. The predicted octanol–water partition coefficient (Wildman–Crippen LogP) is 5.28. The van der Waals surface area contributed by atoms with Gasteiger partial charge in [-0.15, -0.1) is 0 Å². The number of carbonyl (C=O) groups excluding carboxylic acids is 2. The lowest BCUT2D eigenvalue weighted by molar-refractivity contribution is -0.133. The van der Waals surface area contributed by atoms with Gasteiger partial charge in [-0.25, -0.2) is 0 Å².